The van der Waals surface area contributed by atoms with Gasteiger partial charge in [0.25, 0.3) is 15.9 Å². The minimum atomic E-state index is -4.15. The number of alkyl carbamates (subject to hydrolysis) is 1. The number of rotatable bonds is 5. The highest BCUT2D eigenvalue weighted by Crippen LogP contribution is 2.58. The highest BCUT2D eigenvalue weighted by molar-refractivity contribution is 7.92. The molecule has 260 valence electrons. The van der Waals surface area contributed by atoms with E-state index in [2.05, 4.69) is 40.8 Å². The molecular formula is C37H45N5O6S. The van der Waals surface area contributed by atoms with Gasteiger partial charge in [0.1, 0.15) is 12.7 Å². The molecule has 1 atom stereocenters. The zero-order valence-corrected chi connectivity index (χ0v) is 29.6. The number of carbonyl (C=O) groups is 2. The third-order valence-electron chi connectivity index (χ3n) is 10.2. The fourth-order valence-electron chi connectivity index (χ4n) is 7.87. The van der Waals surface area contributed by atoms with Crippen molar-refractivity contribution in [2.45, 2.75) is 109 Å². The number of sulfonamides is 1. The lowest BCUT2D eigenvalue weighted by Gasteiger charge is -2.60. The number of aromatic nitrogens is 2. The summed E-state index contributed by atoms with van der Waals surface area (Å²) in [5, 5.41) is 3.01. The van der Waals surface area contributed by atoms with Crippen molar-refractivity contribution in [1.29, 1.82) is 0 Å². The molecule has 7 rings (SSSR count). The summed E-state index contributed by atoms with van der Waals surface area (Å²) in [5.74, 6) is -0.117. The van der Waals surface area contributed by atoms with Crippen LogP contribution in [-0.4, -0.2) is 66.1 Å². The van der Waals surface area contributed by atoms with Gasteiger partial charge >= 0.3 is 6.09 Å². The molecule has 12 heteroatoms. The fraction of sp³-hybridized carbons (Fsp3) is 0.514. The first-order valence-electron chi connectivity index (χ1n) is 17.2. The molecule has 0 unspecified atom stereocenters. The first kappa shape index (κ1) is 33.3. The summed E-state index contributed by atoms with van der Waals surface area (Å²) in [7, 11) is -4.15. The van der Waals surface area contributed by atoms with Crippen molar-refractivity contribution < 1.29 is 27.5 Å². The van der Waals surface area contributed by atoms with E-state index in [0.29, 0.717) is 17.7 Å². The lowest BCUT2D eigenvalue weighted by atomic mass is 9.51. The Kier molecular flexibility index (Phi) is 8.36. The summed E-state index contributed by atoms with van der Waals surface area (Å²) in [4.78, 5) is 37.8. The topological polar surface area (TPSA) is 140 Å². The van der Waals surface area contributed by atoms with Gasteiger partial charge in [0, 0.05) is 29.3 Å². The van der Waals surface area contributed by atoms with E-state index in [0.717, 1.165) is 55.2 Å². The van der Waals surface area contributed by atoms with E-state index in [-0.39, 0.29) is 70.4 Å². The van der Waals surface area contributed by atoms with E-state index >= 15 is 0 Å². The fourth-order valence-corrected chi connectivity index (χ4v) is 8.86. The van der Waals surface area contributed by atoms with Crippen LogP contribution < -0.4 is 14.8 Å². The number of fused-ring (bicyclic) bond motifs is 4. The van der Waals surface area contributed by atoms with Crippen LogP contribution >= 0.6 is 0 Å². The van der Waals surface area contributed by atoms with Crippen molar-refractivity contribution in [1.82, 2.24) is 20.2 Å². The summed E-state index contributed by atoms with van der Waals surface area (Å²) in [6.07, 6.45) is 5.52. The molecule has 2 amide bonds. The molecule has 4 bridgehead atoms. The molecule has 4 aliphatic rings. The van der Waals surface area contributed by atoms with Crippen LogP contribution in [0.25, 0.3) is 11.3 Å². The van der Waals surface area contributed by atoms with Crippen molar-refractivity contribution in [3.05, 3.63) is 65.2 Å². The van der Waals surface area contributed by atoms with E-state index in [1.54, 1.807) is 18.2 Å². The van der Waals surface area contributed by atoms with E-state index in [1.807, 2.05) is 36.9 Å². The summed E-state index contributed by atoms with van der Waals surface area (Å²) in [5.41, 5.74) is 3.57. The Labute approximate surface area is 288 Å². The normalized spacial score (nSPS) is 26.1. The maximum absolute atomic E-state index is 14.5. The first-order valence-corrected chi connectivity index (χ1v) is 18.7. The number of hydrogen-bond acceptors (Lipinski definition) is 8. The maximum Gasteiger partial charge on any atom is 0.407 e. The van der Waals surface area contributed by atoms with Crippen molar-refractivity contribution in [2.24, 2.45) is 10.8 Å². The summed E-state index contributed by atoms with van der Waals surface area (Å²) >= 11 is 0. The van der Waals surface area contributed by atoms with Gasteiger partial charge in [-0.05, 0) is 98.9 Å². The molecule has 3 fully saturated rings. The monoisotopic (exact) mass is 687 g/mol. The molecule has 2 N–H and O–H groups in total. The lowest BCUT2D eigenvalue weighted by molar-refractivity contribution is -0.0791. The van der Waals surface area contributed by atoms with Gasteiger partial charge in [0.15, 0.2) is 0 Å². The van der Waals surface area contributed by atoms with Crippen LogP contribution in [-0.2, 0) is 14.8 Å². The lowest BCUT2D eigenvalue weighted by Crippen LogP contribution is -2.64. The van der Waals surface area contributed by atoms with Crippen molar-refractivity contribution in [3.8, 4) is 17.1 Å². The molecule has 0 saturated heterocycles. The summed E-state index contributed by atoms with van der Waals surface area (Å²) in [6.45, 7) is 10.6. The Morgan fingerprint density at radius 3 is 2.41 bits per heavy atom. The Morgan fingerprint density at radius 2 is 1.73 bits per heavy atom. The molecule has 2 aromatic carbocycles. The second kappa shape index (κ2) is 12.3. The number of nitrogens with one attached hydrogen (secondary N) is 2. The Bertz CT molecular complexity index is 1870. The predicted molar refractivity (Wildman–Crippen MR) is 185 cm³/mol. The second-order valence-electron chi connectivity index (χ2n) is 15.7. The SMILES string of the molecule is Cc1cccc(C)c1-c1cc2nc(n1)NS(=O)(=O)c1cccc(c1)C(=O)N([C@H]1CC3(C[C@H](NC(=O)OC4CC4)C3)C1)[C@H](CC(C)(C)C)CO2. The summed E-state index contributed by atoms with van der Waals surface area (Å²) in [6, 6.07) is 13.5. The van der Waals surface area contributed by atoms with Crippen LogP contribution in [0.4, 0.5) is 10.7 Å². The smallest absolute Gasteiger partial charge is 0.407 e. The van der Waals surface area contributed by atoms with Gasteiger partial charge < -0.3 is 19.7 Å². The quantitative estimate of drug-likeness (QED) is 0.314. The second-order valence-corrected chi connectivity index (χ2v) is 17.4. The third kappa shape index (κ3) is 7.11. The molecule has 11 nitrogen and oxygen atoms in total. The van der Waals surface area contributed by atoms with Gasteiger partial charge in [-0.1, -0.05) is 45.0 Å². The van der Waals surface area contributed by atoms with Gasteiger partial charge in [-0.15, -0.1) is 0 Å². The molecule has 2 heterocycles. The van der Waals surface area contributed by atoms with Gasteiger partial charge in [-0.25, -0.2) is 22.9 Å². The van der Waals surface area contributed by atoms with Crippen LogP contribution in [0.15, 0.2) is 53.4 Å². The minimum Gasteiger partial charge on any atom is -0.475 e. The molecular weight excluding hydrogens is 643 g/mol. The Hall–Kier alpha value is -4.19. The van der Waals surface area contributed by atoms with Crippen molar-refractivity contribution in [3.63, 3.8) is 0 Å². The van der Waals surface area contributed by atoms with Gasteiger partial charge in [-0.3, -0.25) is 4.79 Å². The van der Waals surface area contributed by atoms with E-state index in [4.69, 9.17) is 9.47 Å². The number of amides is 2. The van der Waals surface area contributed by atoms with Crippen LogP contribution in [0.3, 0.4) is 0 Å². The highest BCUT2D eigenvalue weighted by atomic mass is 32.2. The van der Waals surface area contributed by atoms with Crippen LogP contribution in [0.1, 0.15) is 87.2 Å². The molecule has 3 aromatic rings. The van der Waals surface area contributed by atoms with E-state index in [1.165, 1.54) is 12.1 Å². The first-order chi connectivity index (χ1) is 23.2. The molecule has 3 saturated carbocycles. The maximum atomic E-state index is 14.5. The van der Waals surface area contributed by atoms with Crippen LogP contribution in [0.2, 0.25) is 0 Å². The average Bonchev–Trinajstić information content (AvgIpc) is 3.80. The van der Waals surface area contributed by atoms with Crippen molar-refractivity contribution >= 4 is 28.0 Å². The number of ether oxygens (including phenoxy) is 2. The average molecular weight is 688 g/mol. The number of benzene rings is 2. The number of aryl methyl sites for hydroxylation is 2. The molecule has 1 aliphatic heterocycles. The minimum absolute atomic E-state index is 0.0494. The van der Waals surface area contributed by atoms with E-state index < -0.39 is 10.0 Å². The standard InChI is InChI=1S/C37H45N5O6S/c1-22-8-6-9-23(2)32(22)30-15-31-40-34(39-30)41-49(45,46)29-11-7-10-24(14-29)33(43)42(27(21-47-31)18-36(3,4)5)26-19-37(20-26)16-25(17-37)38-35(44)48-28-12-13-28/h6-11,14-15,25-28H,12-13,16-21H2,1-5H3,(H,38,44)(H,39,40,41)/t25-,26-,27-,37?/m1/s1. The van der Waals surface area contributed by atoms with Gasteiger partial charge in [0.05, 0.1) is 16.6 Å². The van der Waals surface area contributed by atoms with Gasteiger partial charge in [0.2, 0.25) is 11.8 Å². The summed E-state index contributed by atoms with van der Waals surface area (Å²) < 4.78 is 41.8. The molecule has 0 radical (unpaired) electrons. The Morgan fingerprint density at radius 1 is 1.04 bits per heavy atom. The number of anilines is 1. The zero-order valence-electron chi connectivity index (χ0n) is 28.8. The number of hydrogen-bond donors (Lipinski definition) is 2. The third-order valence-corrected chi connectivity index (χ3v) is 11.5. The number of carbonyl (C=O) groups excluding carboxylic acids is 2. The molecule has 1 spiro atoms. The molecule has 3 aliphatic carbocycles. The largest absolute Gasteiger partial charge is 0.475 e. The van der Waals surface area contributed by atoms with Gasteiger partial charge in [-0.2, -0.15) is 4.98 Å². The Balaban J connectivity index is 1.22. The van der Waals surface area contributed by atoms with Crippen LogP contribution in [0.5, 0.6) is 5.88 Å². The molecule has 49 heavy (non-hydrogen) atoms. The van der Waals surface area contributed by atoms with E-state index in [9.17, 15) is 18.0 Å². The zero-order chi connectivity index (χ0) is 34.7. The predicted octanol–water partition coefficient (Wildman–Crippen LogP) is 6.40. The highest BCUT2D eigenvalue weighted by Gasteiger charge is 2.56. The molecule has 1 aromatic heterocycles. The number of nitrogens with zero attached hydrogens (tertiary/aromatic N) is 3. The van der Waals surface area contributed by atoms with Crippen LogP contribution in [0, 0.1) is 24.7 Å². The van der Waals surface area contributed by atoms with Crippen molar-refractivity contribution in [2.75, 3.05) is 11.3 Å².